The highest BCUT2D eigenvalue weighted by molar-refractivity contribution is 5.77. The van der Waals surface area contributed by atoms with Crippen molar-refractivity contribution in [1.29, 1.82) is 0 Å². The number of carbonyl (C=O) groups is 1. The van der Waals surface area contributed by atoms with E-state index in [1.165, 1.54) is 0 Å². The van der Waals surface area contributed by atoms with Gasteiger partial charge < -0.3 is 20.5 Å². The average molecular weight is 252 g/mol. The van der Waals surface area contributed by atoms with Gasteiger partial charge in [0.2, 0.25) is 0 Å². The largest absolute Gasteiger partial charge is 0.497 e. The third-order valence-electron chi connectivity index (χ3n) is 2.28. The van der Waals surface area contributed by atoms with Crippen LogP contribution in [0.3, 0.4) is 0 Å². The zero-order valence-electron chi connectivity index (χ0n) is 11.0. The van der Waals surface area contributed by atoms with Gasteiger partial charge in [-0.05, 0) is 18.1 Å². The van der Waals surface area contributed by atoms with Crippen molar-refractivity contribution in [2.45, 2.75) is 13.8 Å². The SMILES string of the molecule is COc1ccc(OCC(=O)NCC(C)C)c(N)c1. The van der Waals surface area contributed by atoms with Gasteiger partial charge in [-0.25, -0.2) is 0 Å². The smallest absolute Gasteiger partial charge is 0.257 e. The molecular weight excluding hydrogens is 232 g/mol. The summed E-state index contributed by atoms with van der Waals surface area (Å²) in [6.07, 6.45) is 0. The van der Waals surface area contributed by atoms with Gasteiger partial charge in [-0.2, -0.15) is 0 Å². The van der Waals surface area contributed by atoms with Crippen molar-refractivity contribution in [3.63, 3.8) is 0 Å². The third kappa shape index (κ3) is 4.53. The molecule has 0 spiro atoms. The van der Waals surface area contributed by atoms with Gasteiger partial charge in [-0.1, -0.05) is 13.8 Å². The van der Waals surface area contributed by atoms with Crippen LogP contribution in [-0.2, 0) is 4.79 Å². The molecule has 1 amide bonds. The monoisotopic (exact) mass is 252 g/mol. The molecule has 0 bridgehead atoms. The first-order chi connectivity index (χ1) is 8.52. The van der Waals surface area contributed by atoms with Crippen molar-refractivity contribution in [3.05, 3.63) is 18.2 Å². The third-order valence-corrected chi connectivity index (χ3v) is 2.28. The van der Waals surface area contributed by atoms with E-state index in [0.717, 1.165) is 0 Å². The quantitative estimate of drug-likeness (QED) is 0.751. The van der Waals surface area contributed by atoms with Crippen LogP contribution in [0.5, 0.6) is 11.5 Å². The van der Waals surface area contributed by atoms with Gasteiger partial charge in [0.25, 0.3) is 5.91 Å². The molecule has 0 unspecified atom stereocenters. The molecule has 100 valence electrons. The molecule has 3 N–H and O–H groups in total. The summed E-state index contributed by atoms with van der Waals surface area (Å²) in [5.41, 5.74) is 6.22. The number of benzene rings is 1. The molecule has 0 atom stereocenters. The predicted molar refractivity (Wildman–Crippen MR) is 70.7 cm³/mol. The molecule has 0 aromatic heterocycles. The standard InChI is InChI=1S/C13H20N2O3/c1-9(2)7-15-13(16)8-18-12-5-4-10(17-3)6-11(12)14/h4-6,9H,7-8,14H2,1-3H3,(H,15,16). The number of nitrogens with two attached hydrogens (primary N) is 1. The minimum atomic E-state index is -0.154. The number of methoxy groups -OCH3 is 1. The van der Waals surface area contributed by atoms with Crippen LogP contribution < -0.4 is 20.5 Å². The van der Waals surface area contributed by atoms with Crippen LogP contribution in [0.15, 0.2) is 18.2 Å². The van der Waals surface area contributed by atoms with Crippen LogP contribution in [0.2, 0.25) is 0 Å². The minimum Gasteiger partial charge on any atom is -0.497 e. The Balaban J connectivity index is 2.46. The molecule has 0 saturated heterocycles. The molecular formula is C13H20N2O3. The number of rotatable bonds is 6. The van der Waals surface area contributed by atoms with Gasteiger partial charge in [0.05, 0.1) is 12.8 Å². The summed E-state index contributed by atoms with van der Waals surface area (Å²) in [4.78, 5) is 11.5. The summed E-state index contributed by atoms with van der Waals surface area (Å²) in [5.74, 6) is 1.40. The molecule has 1 aromatic carbocycles. The number of hydrogen-bond donors (Lipinski definition) is 2. The first kappa shape index (κ1) is 14.2. The summed E-state index contributed by atoms with van der Waals surface area (Å²) in [7, 11) is 1.56. The second-order valence-corrected chi connectivity index (χ2v) is 4.39. The van der Waals surface area contributed by atoms with Gasteiger partial charge in [0.15, 0.2) is 6.61 Å². The fraction of sp³-hybridized carbons (Fsp3) is 0.462. The van der Waals surface area contributed by atoms with Crippen molar-refractivity contribution >= 4 is 11.6 Å². The summed E-state index contributed by atoms with van der Waals surface area (Å²) in [5, 5.41) is 2.76. The van der Waals surface area contributed by atoms with Crippen LogP contribution in [0, 0.1) is 5.92 Å². The van der Waals surface area contributed by atoms with E-state index in [-0.39, 0.29) is 12.5 Å². The van der Waals surface area contributed by atoms with Crippen molar-refractivity contribution < 1.29 is 14.3 Å². The molecule has 0 radical (unpaired) electrons. The first-order valence-electron chi connectivity index (χ1n) is 5.86. The summed E-state index contributed by atoms with van der Waals surface area (Å²) >= 11 is 0. The topological polar surface area (TPSA) is 73.6 Å². The molecule has 18 heavy (non-hydrogen) atoms. The highest BCUT2D eigenvalue weighted by Crippen LogP contribution is 2.25. The summed E-state index contributed by atoms with van der Waals surface area (Å²) < 4.78 is 10.4. The molecule has 1 rings (SSSR count). The molecule has 0 aliphatic rings. The predicted octanol–water partition coefficient (Wildman–Crippen LogP) is 1.43. The number of nitrogen functional groups attached to an aromatic ring is 1. The lowest BCUT2D eigenvalue weighted by Gasteiger charge is -2.11. The normalized spacial score (nSPS) is 10.2. The first-order valence-corrected chi connectivity index (χ1v) is 5.86. The minimum absolute atomic E-state index is 0.0384. The molecule has 0 fully saturated rings. The van der Waals surface area contributed by atoms with Crippen molar-refractivity contribution in [1.82, 2.24) is 5.32 Å². The number of anilines is 1. The van der Waals surface area contributed by atoms with E-state index < -0.39 is 0 Å². The number of nitrogens with one attached hydrogen (secondary N) is 1. The lowest BCUT2D eigenvalue weighted by molar-refractivity contribution is -0.123. The van der Waals surface area contributed by atoms with Crippen molar-refractivity contribution in [2.75, 3.05) is 26.0 Å². The molecule has 5 heteroatoms. The molecule has 0 heterocycles. The van der Waals surface area contributed by atoms with E-state index in [9.17, 15) is 4.79 Å². The maximum absolute atomic E-state index is 11.5. The van der Waals surface area contributed by atoms with Gasteiger partial charge in [0, 0.05) is 12.6 Å². The number of carbonyl (C=O) groups excluding carboxylic acids is 1. The molecule has 0 aliphatic carbocycles. The van der Waals surface area contributed by atoms with Crippen LogP contribution >= 0.6 is 0 Å². The van der Waals surface area contributed by atoms with Crippen molar-refractivity contribution in [3.8, 4) is 11.5 Å². The maximum Gasteiger partial charge on any atom is 0.257 e. The lowest BCUT2D eigenvalue weighted by atomic mass is 10.2. The number of ether oxygens (including phenoxy) is 2. The summed E-state index contributed by atoms with van der Waals surface area (Å²) in [6, 6.07) is 5.07. The molecule has 0 saturated carbocycles. The lowest BCUT2D eigenvalue weighted by Crippen LogP contribution is -2.31. The number of amides is 1. The second kappa shape index (κ2) is 6.74. The van der Waals surface area contributed by atoms with Crippen LogP contribution in [0.4, 0.5) is 5.69 Å². The zero-order valence-corrected chi connectivity index (χ0v) is 11.0. The Bertz CT molecular complexity index is 405. The van der Waals surface area contributed by atoms with Crippen LogP contribution in [0.25, 0.3) is 0 Å². The summed E-state index contributed by atoms with van der Waals surface area (Å²) in [6.45, 7) is 4.66. The Morgan fingerprint density at radius 1 is 1.44 bits per heavy atom. The van der Waals surface area contributed by atoms with E-state index >= 15 is 0 Å². The van der Waals surface area contributed by atoms with E-state index in [1.807, 2.05) is 13.8 Å². The molecule has 0 aliphatic heterocycles. The Morgan fingerprint density at radius 2 is 2.17 bits per heavy atom. The van der Waals surface area contributed by atoms with E-state index in [0.29, 0.717) is 29.6 Å². The van der Waals surface area contributed by atoms with E-state index in [4.69, 9.17) is 15.2 Å². The van der Waals surface area contributed by atoms with E-state index in [1.54, 1.807) is 25.3 Å². The van der Waals surface area contributed by atoms with Crippen LogP contribution in [-0.4, -0.2) is 26.2 Å². The fourth-order valence-corrected chi connectivity index (χ4v) is 1.30. The van der Waals surface area contributed by atoms with Gasteiger partial charge >= 0.3 is 0 Å². The second-order valence-electron chi connectivity index (χ2n) is 4.39. The Morgan fingerprint density at radius 3 is 2.72 bits per heavy atom. The maximum atomic E-state index is 11.5. The van der Waals surface area contributed by atoms with E-state index in [2.05, 4.69) is 5.32 Å². The molecule has 5 nitrogen and oxygen atoms in total. The Hall–Kier alpha value is -1.91. The van der Waals surface area contributed by atoms with Crippen LogP contribution in [0.1, 0.15) is 13.8 Å². The average Bonchev–Trinajstić information content (AvgIpc) is 2.34. The molecule has 1 aromatic rings. The number of hydrogen-bond acceptors (Lipinski definition) is 4. The Labute approximate surface area is 107 Å². The highest BCUT2D eigenvalue weighted by Gasteiger charge is 2.06. The van der Waals surface area contributed by atoms with Gasteiger partial charge in [0.1, 0.15) is 11.5 Å². The van der Waals surface area contributed by atoms with Crippen molar-refractivity contribution in [2.24, 2.45) is 5.92 Å². The van der Waals surface area contributed by atoms with Gasteiger partial charge in [-0.15, -0.1) is 0 Å². The zero-order chi connectivity index (χ0) is 13.5. The Kier molecular flexibility index (Phi) is 5.30. The fourth-order valence-electron chi connectivity index (χ4n) is 1.30. The highest BCUT2D eigenvalue weighted by atomic mass is 16.5. The van der Waals surface area contributed by atoms with Gasteiger partial charge in [-0.3, -0.25) is 4.79 Å².